The fraction of sp³-hybridized carbons (Fsp3) is 0.292. The maximum Gasteiger partial charge on any atom is 0.408 e. The van der Waals surface area contributed by atoms with Crippen molar-refractivity contribution < 1.29 is 22.7 Å². The van der Waals surface area contributed by atoms with Crippen LogP contribution in [0.5, 0.6) is 0 Å². The van der Waals surface area contributed by atoms with Crippen LogP contribution in [0.1, 0.15) is 30.4 Å². The molecule has 1 aromatic heterocycles. The van der Waals surface area contributed by atoms with Gasteiger partial charge in [-0.25, -0.2) is 19.6 Å². The van der Waals surface area contributed by atoms with E-state index in [1.165, 1.54) is 11.3 Å². The average Bonchev–Trinajstić information content (AvgIpc) is 3.30. The van der Waals surface area contributed by atoms with E-state index in [1.54, 1.807) is 0 Å². The number of aromatic nitrogens is 1. The van der Waals surface area contributed by atoms with E-state index in [9.17, 15) is 18.0 Å². The fourth-order valence-corrected chi connectivity index (χ4v) is 4.40. The summed E-state index contributed by atoms with van der Waals surface area (Å²) >= 11 is 1.28. The van der Waals surface area contributed by atoms with Gasteiger partial charge in [-0.15, -0.1) is 11.3 Å². The Morgan fingerprint density at radius 2 is 1.81 bits per heavy atom. The van der Waals surface area contributed by atoms with Gasteiger partial charge in [-0.3, -0.25) is 4.79 Å². The maximum absolute atomic E-state index is 13.0. The van der Waals surface area contributed by atoms with Gasteiger partial charge in [0.2, 0.25) is 5.91 Å². The third-order valence-corrected chi connectivity index (χ3v) is 6.49. The van der Waals surface area contributed by atoms with Crippen molar-refractivity contribution in [3.05, 3.63) is 71.1 Å². The van der Waals surface area contributed by atoms with Crippen LogP contribution in [0.15, 0.2) is 60.0 Å². The molecule has 0 saturated carbocycles. The zero-order valence-electron chi connectivity index (χ0n) is 19.8. The number of aryl methyl sites for hydroxylation is 1. The SMILES string of the molecule is Cc1ccc(-c2csc(NC(=O)[C@H](CCCCNS(N)(=O)=O)NC(=O)OCc3ccccc3)n2)cc1. The number of carbonyl (C=O) groups is 2. The Labute approximate surface area is 214 Å². The summed E-state index contributed by atoms with van der Waals surface area (Å²) in [5.74, 6) is -0.448. The Hall–Kier alpha value is -3.32. The number of amides is 2. The molecule has 0 bridgehead atoms. The number of nitrogens with one attached hydrogen (secondary N) is 3. The Balaban J connectivity index is 1.60. The number of rotatable bonds is 12. The van der Waals surface area contributed by atoms with Gasteiger partial charge in [0, 0.05) is 17.5 Å². The van der Waals surface area contributed by atoms with E-state index in [-0.39, 0.29) is 19.6 Å². The van der Waals surface area contributed by atoms with Crippen LogP contribution >= 0.6 is 11.3 Å². The number of hydrogen-bond acceptors (Lipinski definition) is 7. The monoisotopic (exact) mass is 531 g/mol. The van der Waals surface area contributed by atoms with E-state index in [0.29, 0.717) is 18.0 Å². The molecule has 5 N–H and O–H groups in total. The van der Waals surface area contributed by atoms with E-state index in [0.717, 1.165) is 22.4 Å². The number of hydrogen-bond donors (Lipinski definition) is 4. The normalized spacial score (nSPS) is 12.1. The Morgan fingerprint density at radius 1 is 1.08 bits per heavy atom. The topological polar surface area (TPSA) is 153 Å². The minimum absolute atomic E-state index is 0.0612. The standard InChI is InChI=1S/C24H29N5O5S2/c1-17-10-12-19(13-11-17)21-16-35-23(27-21)29-22(30)20(9-5-6-14-26-36(25,32)33)28-24(31)34-15-18-7-3-2-4-8-18/h2-4,7-8,10-13,16,20,26H,5-6,9,14-15H2,1H3,(H,28,31)(H2,25,32,33)(H,27,29,30)/t20-/m0/s1. The highest BCUT2D eigenvalue weighted by Crippen LogP contribution is 2.25. The van der Waals surface area contributed by atoms with Crippen molar-refractivity contribution in [3.8, 4) is 11.3 Å². The predicted molar refractivity (Wildman–Crippen MR) is 139 cm³/mol. The first-order valence-corrected chi connectivity index (χ1v) is 13.7. The van der Waals surface area contributed by atoms with Crippen LogP contribution in [0.2, 0.25) is 0 Å². The number of anilines is 1. The molecule has 0 saturated heterocycles. The summed E-state index contributed by atoms with van der Waals surface area (Å²) in [5.41, 5.74) is 3.61. The first-order valence-electron chi connectivity index (χ1n) is 11.3. The highest BCUT2D eigenvalue weighted by atomic mass is 32.2. The summed E-state index contributed by atoms with van der Waals surface area (Å²) in [6.07, 6.45) is 0.400. The van der Waals surface area contributed by atoms with Crippen LogP contribution in [-0.2, 0) is 26.3 Å². The number of nitrogens with zero attached hydrogens (tertiary/aromatic N) is 1. The Bertz CT molecular complexity index is 1250. The number of ether oxygens (including phenoxy) is 1. The van der Waals surface area contributed by atoms with Crippen LogP contribution in [0.4, 0.5) is 9.93 Å². The number of nitrogens with two attached hydrogens (primary N) is 1. The summed E-state index contributed by atoms with van der Waals surface area (Å²) in [7, 11) is -3.78. The molecule has 0 aliphatic carbocycles. The largest absolute Gasteiger partial charge is 0.445 e. The third-order valence-electron chi connectivity index (χ3n) is 5.13. The van der Waals surface area contributed by atoms with Crippen molar-refractivity contribution >= 4 is 38.7 Å². The van der Waals surface area contributed by atoms with Gasteiger partial charge in [0.05, 0.1) is 5.69 Å². The molecular weight excluding hydrogens is 502 g/mol. The second-order valence-corrected chi connectivity index (χ2v) is 10.3. The highest BCUT2D eigenvalue weighted by molar-refractivity contribution is 7.87. The number of benzene rings is 2. The predicted octanol–water partition coefficient (Wildman–Crippen LogP) is 3.32. The number of carbonyl (C=O) groups excluding carboxylic acids is 2. The summed E-state index contributed by atoms with van der Waals surface area (Å²) in [4.78, 5) is 29.9. The molecule has 10 nitrogen and oxygen atoms in total. The lowest BCUT2D eigenvalue weighted by atomic mass is 10.1. The van der Waals surface area contributed by atoms with E-state index in [2.05, 4.69) is 20.3 Å². The zero-order chi connectivity index (χ0) is 26.0. The van der Waals surface area contributed by atoms with Crippen molar-refractivity contribution in [2.75, 3.05) is 11.9 Å². The summed E-state index contributed by atoms with van der Waals surface area (Å²) < 4.78 is 29.5. The summed E-state index contributed by atoms with van der Waals surface area (Å²) in [5, 5.41) is 12.5. The number of alkyl carbamates (subject to hydrolysis) is 1. The van der Waals surface area contributed by atoms with Gasteiger partial charge in [-0.2, -0.15) is 8.42 Å². The molecule has 0 aliphatic rings. The molecule has 0 unspecified atom stereocenters. The minimum Gasteiger partial charge on any atom is -0.445 e. The van der Waals surface area contributed by atoms with Gasteiger partial charge in [0.1, 0.15) is 12.6 Å². The molecule has 0 radical (unpaired) electrons. The molecule has 0 aliphatic heterocycles. The fourth-order valence-electron chi connectivity index (χ4n) is 3.24. The van der Waals surface area contributed by atoms with Crippen molar-refractivity contribution in [1.29, 1.82) is 0 Å². The molecule has 1 heterocycles. The first-order chi connectivity index (χ1) is 17.2. The smallest absolute Gasteiger partial charge is 0.408 e. The van der Waals surface area contributed by atoms with Crippen LogP contribution in [0.25, 0.3) is 11.3 Å². The van der Waals surface area contributed by atoms with Gasteiger partial charge in [-0.05, 0) is 31.7 Å². The second-order valence-electron chi connectivity index (χ2n) is 8.09. The van der Waals surface area contributed by atoms with Crippen molar-refractivity contribution in [2.24, 2.45) is 5.14 Å². The molecule has 36 heavy (non-hydrogen) atoms. The molecule has 2 aromatic carbocycles. The van der Waals surface area contributed by atoms with Crippen LogP contribution in [0.3, 0.4) is 0 Å². The van der Waals surface area contributed by atoms with Gasteiger partial charge >= 0.3 is 6.09 Å². The van der Waals surface area contributed by atoms with Gasteiger partial charge in [-0.1, -0.05) is 60.2 Å². The average molecular weight is 532 g/mol. The zero-order valence-corrected chi connectivity index (χ0v) is 21.4. The highest BCUT2D eigenvalue weighted by Gasteiger charge is 2.22. The summed E-state index contributed by atoms with van der Waals surface area (Å²) in [6, 6.07) is 16.2. The van der Waals surface area contributed by atoms with E-state index >= 15 is 0 Å². The van der Waals surface area contributed by atoms with Crippen LogP contribution in [-0.4, -0.2) is 38.0 Å². The molecule has 12 heteroatoms. The van der Waals surface area contributed by atoms with Crippen LogP contribution < -0.4 is 20.5 Å². The van der Waals surface area contributed by atoms with E-state index < -0.39 is 28.3 Å². The van der Waals surface area contributed by atoms with Gasteiger partial charge in [0.25, 0.3) is 10.2 Å². The lowest BCUT2D eigenvalue weighted by molar-refractivity contribution is -0.118. The van der Waals surface area contributed by atoms with Crippen molar-refractivity contribution in [2.45, 2.75) is 38.8 Å². The van der Waals surface area contributed by atoms with Crippen molar-refractivity contribution in [3.63, 3.8) is 0 Å². The molecular formula is C24H29N5O5S2. The molecule has 3 aromatic rings. The molecule has 0 fully saturated rings. The Kier molecular flexibility index (Phi) is 9.94. The third kappa shape index (κ3) is 9.38. The minimum atomic E-state index is -3.78. The number of unbranched alkanes of at least 4 members (excludes halogenated alkanes) is 1. The first kappa shape index (κ1) is 27.3. The lowest BCUT2D eigenvalue weighted by Crippen LogP contribution is -2.44. The molecule has 3 rings (SSSR count). The summed E-state index contributed by atoms with van der Waals surface area (Å²) in [6.45, 7) is 2.18. The molecule has 0 spiro atoms. The second kappa shape index (κ2) is 13.1. The number of thiazole rings is 1. The molecule has 192 valence electrons. The molecule has 1 atom stereocenters. The van der Waals surface area contributed by atoms with Gasteiger partial charge < -0.3 is 15.4 Å². The Morgan fingerprint density at radius 3 is 2.50 bits per heavy atom. The van der Waals surface area contributed by atoms with Gasteiger partial charge in [0.15, 0.2) is 5.13 Å². The quantitative estimate of drug-likeness (QED) is 0.263. The van der Waals surface area contributed by atoms with E-state index in [1.807, 2.05) is 66.9 Å². The van der Waals surface area contributed by atoms with Crippen molar-refractivity contribution in [1.82, 2.24) is 15.0 Å². The van der Waals surface area contributed by atoms with Crippen LogP contribution in [0, 0.1) is 6.92 Å². The maximum atomic E-state index is 13.0. The lowest BCUT2D eigenvalue weighted by Gasteiger charge is -2.17. The van der Waals surface area contributed by atoms with E-state index in [4.69, 9.17) is 9.88 Å². The molecule has 2 amide bonds.